The fraction of sp³-hybridized carbons (Fsp3) is 0.333. The molecule has 3 N–H and O–H groups in total. The zero-order chi connectivity index (χ0) is 11.6. The summed E-state index contributed by atoms with van der Waals surface area (Å²) in [5.74, 6) is -0.343. The minimum absolute atomic E-state index is 0.134. The lowest BCUT2D eigenvalue weighted by atomic mass is 9.91. The molecular weight excluding hydrogens is 202 g/mol. The van der Waals surface area contributed by atoms with Crippen LogP contribution in [-0.4, -0.2) is 26.5 Å². The Morgan fingerprint density at radius 1 is 1.40 bits per heavy atom. The summed E-state index contributed by atoms with van der Waals surface area (Å²) in [5.41, 5.74) is -2.27. The molecule has 0 aliphatic rings. The second-order valence-electron chi connectivity index (χ2n) is 3.30. The number of nitrogens with zero attached hydrogens (tertiary/aromatic N) is 1. The van der Waals surface area contributed by atoms with Crippen molar-refractivity contribution >= 4 is 0 Å². The van der Waals surface area contributed by atoms with E-state index in [9.17, 15) is 15.2 Å². The van der Waals surface area contributed by atoms with Gasteiger partial charge in [-0.2, -0.15) is 0 Å². The first kappa shape index (κ1) is 11.4. The van der Waals surface area contributed by atoms with Crippen molar-refractivity contribution in [2.75, 3.05) is 0 Å². The Bertz CT molecular complexity index is 379. The number of rotatable bonds is 3. The maximum atomic E-state index is 10.8. The third-order valence-corrected chi connectivity index (χ3v) is 2.33. The quantitative estimate of drug-likeness (QED) is 0.378. The summed E-state index contributed by atoms with van der Waals surface area (Å²) in [5, 5.41) is 38.3. The highest BCUT2D eigenvalue weighted by Crippen LogP contribution is 2.33. The summed E-state index contributed by atoms with van der Waals surface area (Å²) in [7, 11) is 0. The third-order valence-electron chi connectivity index (χ3n) is 2.33. The van der Waals surface area contributed by atoms with Crippen LogP contribution < -0.4 is 0 Å². The molecule has 1 rings (SSSR count). The molecule has 0 saturated carbocycles. The molecule has 0 bridgehead atoms. The summed E-state index contributed by atoms with van der Waals surface area (Å²) in [6, 6.07) is 5.49. The number of hydrogen-bond acceptors (Lipinski definition) is 5. The maximum Gasteiger partial charge on any atom is 0.297 e. The van der Waals surface area contributed by atoms with Gasteiger partial charge in [-0.25, -0.2) is 0 Å². The number of nitro groups is 1. The van der Waals surface area contributed by atoms with Crippen LogP contribution in [0.4, 0.5) is 0 Å². The Labute approximate surface area is 85.6 Å². The topological polar surface area (TPSA) is 104 Å². The van der Waals surface area contributed by atoms with E-state index in [-0.39, 0.29) is 11.3 Å². The van der Waals surface area contributed by atoms with Gasteiger partial charge in [-0.1, -0.05) is 12.1 Å². The van der Waals surface area contributed by atoms with Crippen molar-refractivity contribution in [3.8, 4) is 5.75 Å². The molecule has 82 valence electrons. The van der Waals surface area contributed by atoms with Crippen molar-refractivity contribution in [1.29, 1.82) is 0 Å². The normalized spacial score (nSPS) is 14.9. The molecule has 0 spiro atoms. The van der Waals surface area contributed by atoms with Gasteiger partial charge in [0.25, 0.3) is 5.54 Å². The first-order valence-electron chi connectivity index (χ1n) is 4.19. The van der Waals surface area contributed by atoms with Gasteiger partial charge in [0.15, 0.2) is 0 Å². The van der Waals surface area contributed by atoms with Crippen molar-refractivity contribution in [3.05, 3.63) is 39.9 Å². The molecule has 15 heavy (non-hydrogen) atoms. The molecule has 0 fully saturated rings. The van der Waals surface area contributed by atoms with Gasteiger partial charge in [0, 0.05) is 11.8 Å². The average Bonchev–Trinajstić information content (AvgIpc) is 2.16. The largest absolute Gasteiger partial charge is 0.507 e. The fourth-order valence-electron chi connectivity index (χ4n) is 1.23. The smallest absolute Gasteiger partial charge is 0.297 e. The average molecular weight is 213 g/mol. The number of aliphatic hydroxyl groups excluding tert-OH is 1. The molecule has 0 heterocycles. The van der Waals surface area contributed by atoms with Crippen LogP contribution in [0, 0.1) is 10.1 Å². The zero-order valence-electron chi connectivity index (χ0n) is 7.99. The number of aliphatic hydroxyl groups is 2. The van der Waals surface area contributed by atoms with E-state index in [4.69, 9.17) is 10.2 Å². The highest BCUT2D eigenvalue weighted by Gasteiger charge is 2.48. The minimum Gasteiger partial charge on any atom is -0.507 e. The Balaban J connectivity index is 3.34. The molecule has 0 aliphatic heterocycles. The lowest BCUT2D eigenvalue weighted by Crippen LogP contribution is -2.43. The second kappa shape index (κ2) is 3.84. The molecular formula is C9H11NO5. The summed E-state index contributed by atoms with van der Waals surface area (Å²) < 4.78 is 0. The van der Waals surface area contributed by atoms with Crippen molar-refractivity contribution < 1.29 is 20.2 Å². The summed E-state index contributed by atoms with van der Waals surface area (Å²) in [6.45, 7) is 1.03. The van der Waals surface area contributed by atoms with Gasteiger partial charge >= 0.3 is 0 Å². The van der Waals surface area contributed by atoms with Crippen LogP contribution in [0.1, 0.15) is 12.5 Å². The minimum atomic E-state index is -2.19. The highest BCUT2D eigenvalue weighted by molar-refractivity contribution is 5.36. The Hall–Kier alpha value is -1.66. The van der Waals surface area contributed by atoms with Gasteiger partial charge < -0.3 is 15.3 Å². The van der Waals surface area contributed by atoms with Crippen molar-refractivity contribution in [1.82, 2.24) is 0 Å². The number of benzene rings is 1. The van der Waals surface area contributed by atoms with Crippen LogP contribution in [0.2, 0.25) is 0 Å². The summed E-state index contributed by atoms with van der Waals surface area (Å²) in [6.07, 6.45) is -2.19. The molecule has 0 aromatic heterocycles. The van der Waals surface area contributed by atoms with E-state index in [1.54, 1.807) is 0 Å². The predicted octanol–water partition coefficient (Wildman–Crippen LogP) is 0.195. The van der Waals surface area contributed by atoms with E-state index in [0.717, 1.165) is 6.92 Å². The monoisotopic (exact) mass is 213 g/mol. The van der Waals surface area contributed by atoms with Crippen LogP contribution in [0.5, 0.6) is 5.75 Å². The molecule has 0 saturated heterocycles. The number of hydrogen-bond donors (Lipinski definition) is 3. The van der Waals surface area contributed by atoms with Crippen LogP contribution >= 0.6 is 0 Å². The van der Waals surface area contributed by atoms with E-state index in [1.807, 2.05) is 0 Å². The zero-order valence-corrected chi connectivity index (χ0v) is 7.99. The third kappa shape index (κ3) is 1.77. The number of para-hydroxylation sites is 1. The first-order valence-corrected chi connectivity index (χ1v) is 4.19. The molecule has 6 nitrogen and oxygen atoms in total. The molecule has 1 aromatic rings. The number of phenolic OH excluding ortho intramolecular Hbond substituents is 1. The van der Waals surface area contributed by atoms with Crippen molar-refractivity contribution in [2.24, 2.45) is 0 Å². The number of phenols is 1. The van der Waals surface area contributed by atoms with E-state index >= 15 is 0 Å². The molecule has 6 heteroatoms. The van der Waals surface area contributed by atoms with Gasteiger partial charge in [-0.3, -0.25) is 10.1 Å². The standard InChI is InChI=1S/C9H11NO5/c1-9(8(12)13,10(14)15)6-4-2-3-5-7(6)11/h2-5,8,11-13H,1H3. The maximum absolute atomic E-state index is 10.8. The highest BCUT2D eigenvalue weighted by atomic mass is 16.6. The first-order chi connectivity index (χ1) is 6.90. The SMILES string of the molecule is CC(c1ccccc1O)(C(O)O)[N+](=O)[O-]. The van der Waals surface area contributed by atoms with Crippen molar-refractivity contribution in [3.63, 3.8) is 0 Å². The summed E-state index contributed by atoms with van der Waals surface area (Å²) >= 11 is 0. The Kier molecular flexibility index (Phi) is 2.92. The molecule has 1 unspecified atom stereocenters. The fourth-order valence-corrected chi connectivity index (χ4v) is 1.23. The molecule has 1 atom stereocenters. The van der Waals surface area contributed by atoms with Gasteiger partial charge in [0.05, 0.1) is 5.56 Å². The van der Waals surface area contributed by atoms with Crippen LogP contribution in [0.15, 0.2) is 24.3 Å². The van der Waals surface area contributed by atoms with E-state index in [2.05, 4.69) is 0 Å². The van der Waals surface area contributed by atoms with Crippen LogP contribution in [0.25, 0.3) is 0 Å². The van der Waals surface area contributed by atoms with Crippen LogP contribution in [-0.2, 0) is 5.54 Å². The summed E-state index contributed by atoms with van der Waals surface area (Å²) in [4.78, 5) is 9.95. The van der Waals surface area contributed by atoms with E-state index in [0.29, 0.717) is 0 Å². The Morgan fingerprint density at radius 3 is 2.33 bits per heavy atom. The molecule has 0 radical (unpaired) electrons. The van der Waals surface area contributed by atoms with Gasteiger partial charge in [0.2, 0.25) is 6.29 Å². The predicted molar refractivity (Wildman–Crippen MR) is 50.7 cm³/mol. The van der Waals surface area contributed by atoms with Gasteiger partial charge in [-0.15, -0.1) is 0 Å². The Morgan fingerprint density at radius 2 is 1.93 bits per heavy atom. The lowest BCUT2D eigenvalue weighted by molar-refractivity contribution is -0.600. The van der Waals surface area contributed by atoms with Gasteiger partial charge in [0.1, 0.15) is 5.75 Å². The lowest BCUT2D eigenvalue weighted by Gasteiger charge is -2.23. The molecule has 0 amide bonds. The number of aromatic hydroxyl groups is 1. The molecule has 1 aromatic carbocycles. The van der Waals surface area contributed by atoms with E-state index < -0.39 is 16.8 Å². The van der Waals surface area contributed by atoms with E-state index in [1.165, 1.54) is 24.3 Å². The molecule has 0 aliphatic carbocycles. The second-order valence-corrected chi connectivity index (χ2v) is 3.30. The van der Waals surface area contributed by atoms with Gasteiger partial charge in [-0.05, 0) is 12.1 Å². The van der Waals surface area contributed by atoms with Crippen LogP contribution in [0.3, 0.4) is 0 Å². The van der Waals surface area contributed by atoms with Crippen molar-refractivity contribution in [2.45, 2.75) is 18.8 Å².